The van der Waals surface area contributed by atoms with E-state index < -0.39 is 43.7 Å². The molecule has 0 aliphatic rings. The van der Waals surface area contributed by atoms with E-state index in [1.54, 1.807) is 12.1 Å². The van der Waals surface area contributed by atoms with Crippen molar-refractivity contribution in [3.05, 3.63) is 59.7 Å². The first-order valence-corrected chi connectivity index (χ1v) is 9.39. The van der Waals surface area contributed by atoms with E-state index in [0.29, 0.717) is 12.1 Å². The Morgan fingerprint density at radius 3 is 2.24 bits per heavy atom. The second-order valence-corrected chi connectivity index (χ2v) is 7.75. The predicted molar refractivity (Wildman–Crippen MR) is 97.9 cm³/mol. The maximum atomic E-state index is 13.3. The van der Waals surface area contributed by atoms with Crippen LogP contribution in [0.2, 0.25) is 0 Å². The summed E-state index contributed by atoms with van der Waals surface area (Å²) in [7, 11) is -4.25. The topological polar surface area (TPSA) is 136 Å². The van der Waals surface area contributed by atoms with Gasteiger partial charge in [0.05, 0.1) is 21.0 Å². The van der Waals surface area contributed by atoms with Crippen LogP contribution in [0.5, 0.6) is 0 Å². The second-order valence-electron chi connectivity index (χ2n) is 5.83. The molecular formula is C18H12F3N5O2S. The standard InChI is InChI=1S/C18H12F3N5O2S/c19-18(20,21)10-6-7-14(29(27,28)11-4-2-1-3-5-11)12(8-10)15-13(9-22)16(23)26-17(24)25-15/h1-8H,(H4,23,24,25,26). The fourth-order valence-corrected chi connectivity index (χ4v) is 4.12. The summed E-state index contributed by atoms with van der Waals surface area (Å²) in [4.78, 5) is 6.78. The molecule has 0 saturated carbocycles. The fraction of sp³-hybridized carbons (Fsp3) is 0.0556. The summed E-state index contributed by atoms with van der Waals surface area (Å²) >= 11 is 0. The van der Waals surface area contributed by atoms with Gasteiger partial charge in [-0.1, -0.05) is 18.2 Å². The third-order valence-corrected chi connectivity index (χ3v) is 5.80. The van der Waals surface area contributed by atoms with Gasteiger partial charge in [0, 0.05) is 5.56 Å². The number of anilines is 2. The highest BCUT2D eigenvalue weighted by atomic mass is 32.2. The Bertz CT molecular complexity index is 1240. The zero-order valence-corrected chi connectivity index (χ0v) is 15.3. The lowest BCUT2D eigenvalue weighted by molar-refractivity contribution is -0.137. The number of sulfone groups is 1. The van der Waals surface area contributed by atoms with Gasteiger partial charge < -0.3 is 11.5 Å². The summed E-state index contributed by atoms with van der Waals surface area (Å²) < 4.78 is 66.0. The van der Waals surface area contributed by atoms with Crippen LogP contribution in [0.15, 0.2) is 58.3 Å². The van der Waals surface area contributed by atoms with Crippen molar-refractivity contribution in [1.82, 2.24) is 9.97 Å². The Morgan fingerprint density at radius 1 is 1.00 bits per heavy atom. The number of aromatic nitrogens is 2. The van der Waals surface area contributed by atoms with E-state index in [0.717, 1.165) is 6.07 Å². The fourth-order valence-electron chi connectivity index (χ4n) is 2.65. The SMILES string of the molecule is N#Cc1c(N)nc(N)nc1-c1cc(C(F)(F)F)ccc1S(=O)(=O)c1ccccc1. The number of nitrogens with zero attached hydrogens (tertiary/aromatic N) is 3. The van der Waals surface area contributed by atoms with Crippen molar-refractivity contribution in [3.63, 3.8) is 0 Å². The summed E-state index contributed by atoms with van der Waals surface area (Å²) in [5, 5.41) is 9.37. The van der Waals surface area contributed by atoms with Gasteiger partial charge >= 0.3 is 6.18 Å². The van der Waals surface area contributed by atoms with Gasteiger partial charge in [-0.25, -0.2) is 13.4 Å². The van der Waals surface area contributed by atoms with Crippen molar-refractivity contribution in [3.8, 4) is 17.3 Å². The molecule has 148 valence electrons. The first-order chi connectivity index (χ1) is 13.6. The highest BCUT2D eigenvalue weighted by molar-refractivity contribution is 7.91. The number of nitrogens with two attached hydrogens (primary N) is 2. The van der Waals surface area contributed by atoms with Gasteiger partial charge in [0.2, 0.25) is 15.8 Å². The summed E-state index contributed by atoms with van der Waals surface area (Å²) in [5.41, 5.74) is 8.80. The van der Waals surface area contributed by atoms with Gasteiger partial charge in [-0.15, -0.1) is 0 Å². The van der Waals surface area contributed by atoms with Crippen LogP contribution in [-0.4, -0.2) is 18.4 Å². The van der Waals surface area contributed by atoms with Crippen LogP contribution in [0.1, 0.15) is 11.1 Å². The molecule has 0 aliphatic carbocycles. The molecule has 0 spiro atoms. The third-order valence-electron chi connectivity index (χ3n) is 3.97. The molecule has 0 atom stereocenters. The largest absolute Gasteiger partial charge is 0.416 e. The van der Waals surface area contributed by atoms with Crippen molar-refractivity contribution < 1.29 is 21.6 Å². The summed E-state index contributed by atoms with van der Waals surface area (Å²) in [6.07, 6.45) is -4.76. The number of alkyl halides is 3. The molecule has 7 nitrogen and oxygen atoms in total. The molecule has 29 heavy (non-hydrogen) atoms. The smallest absolute Gasteiger partial charge is 0.382 e. The summed E-state index contributed by atoms with van der Waals surface area (Å²) in [6.45, 7) is 0. The van der Waals surface area contributed by atoms with Crippen molar-refractivity contribution in [1.29, 1.82) is 5.26 Å². The molecule has 2 aromatic carbocycles. The quantitative estimate of drug-likeness (QED) is 0.666. The molecule has 0 fully saturated rings. The Balaban J connectivity index is 2.41. The molecular weight excluding hydrogens is 407 g/mol. The molecule has 1 heterocycles. The molecule has 0 saturated heterocycles. The minimum atomic E-state index is -4.76. The monoisotopic (exact) mass is 419 g/mol. The van der Waals surface area contributed by atoms with Gasteiger partial charge in [-0.3, -0.25) is 0 Å². The van der Waals surface area contributed by atoms with Gasteiger partial charge in [0.25, 0.3) is 0 Å². The first kappa shape index (κ1) is 20.1. The number of rotatable bonds is 3. The van der Waals surface area contributed by atoms with Crippen LogP contribution < -0.4 is 11.5 Å². The third kappa shape index (κ3) is 3.70. The average Bonchev–Trinajstić information content (AvgIpc) is 2.67. The molecule has 0 amide bonds. The van der Waals surface area contributed by atoms with Gasteiger partial charge in [0.1, 0.15) is 17.5 Å². The zero-order valence-electron chi connectivity index (χ0n) is 14.5. The van der Waals surface area contributed by atoms with Crippen molar-refractivity contribution in [2.24, 2.45) is 0 Å². The van der Waals surface area contributed by atoms with Gasteiger partial charge in [-0.05, 0) is 30.3 Å². The Hall–Kier alpha value is -3.65. The number of nitriles is 1. The van der Waals surface area contributed by atoms with Crippen molar-refractivity contribution >= 4 is 21.6 Å². The van der Waals surface area contributed by atoms with Crippen LogP contribution in [0.3, 0.4) is 0 Å². The van der Waals surface area contributed by atoms with Crippen molar-refractivity contribution in [2.45, 2.75) is 16.0 Å². The predicted octanol–water partition coefficient (Wildman–Crippen LogP) is 3.03. The normalized spacial score (nSPS) is 11.8. The minimum absolute atomic E-state index is 0.144. The highest BCUT2D eigenvalue weighted by Gasteiger charge is 2.34. The van der Waals surface area contributed by atoms with Crippen LogP contribution >= 0.6 is 0 Å². The van der Waals surface area contributed by atoms with E-state index in [-0.39, 0.29) is 16.3 Å². The number of hydrogen-bond donors (Lipinski definition) is 2. The summed E-state index contributed by atoms with van der Waals surface area (Å²) in [5.74, 6) is -0.799. The maximum absolute atomic E-state index is 13.3. The second kappa shape index (κ2) is 7.06. The molecule has 4 N–H and O–H groups in total. The molecule has 3 rings (SSSR count). The molecule has 1 aromatic heterocycles. The first-order valence-electron chi connectivity index (χ1n) is 7.90. The average molecular weight is 419 g/mol. The Labute approximate surface area is 163 Å². The van der Waals surface area contributed by atoms with E-state index in [1.165, 1.54) is 24.3 Å². The number of hydrogen-bond acceptors (Lipinski definition) is 7. The maximum Gasteiger partial charge on any atom is 0.416 e. The number of benzene rings is 2. The molecule has 0 unspecified atom stereocenters. The molecule has 11 heteroatoms. The lowest BCUT2D eigenvalue weighted by atomic mass is 10.0. The van der Waals surface area contributed by atoms with Gasteiger partial charge in [0.15, 0.2) is 0 Å². The minimum Gasteiger partial charge on any atom is -0.382 e. The molecule has 0 radical (unpaired) electrons. The van der Waals surface area contributed by atoms with E-state index in [9.17, 15) is 26.9 Å². The number of nitrogen functional groups attached to an aromatic ring is 2. The van der Waals surface area contributed by atoms with E-state index in [4.69, 9.17) is 11.5 Å². The molecule has 3 aromatic rings. The van der Waals surface area contributed by atoms with Crippen LogP contribution in [0.4, 0.5) is 24.9 Å². The lowest BCUT2D eigenvalue weighted by Gasteiger charge is -2.15. The highest BCUT2D eigenvalue weighted by Crippen LogP contribution is 2.38. The van der Waals surface area contributed by atoms with E-state index in [2.05, 4.69) is 9.97 Å². The molecule has 0 aliphatic heterocycles. The zero-order chi connectivity index (χ0) is 21.4. The van der Waals surface area contributed by atoms with Crippen molar-refractivity contribution in [2.75, 3.05) is 11.5 Å². The summed E-state index contributed by atoms with van der Waals surface area (Å²) in [6, 6.07) is 10.9. The Kier molecular flexibility index (Phi) is 4.90. The van der Waals surface area contributed by atoms with Crippen LogP contribution in [0, 0.1) is 11.3 Å². The Morgan fingerprint density at radius 2 is 1.66 bits per heavy atom. The van der Waals surface area contributed by atoms with Crippen LogP contribution in [0.25, 0.3) is 11.3 Å². The lowest BCUT2D eigenvalue weighted by Crippen LogP contribution is -2.11. The van der Waals surface area contributed by atoms with Gasteiger partial charge in [-0.2, -0.15) is 23.4 Å². The van der Waals surface area contributed by atoms with E-state index >= 15 is 0 Å². The van der Waals surface area contributed by atoms with Crippen LogP contribution in [-0.2, 0) is 16.0 Å². The number of halogens is 3. The molecule has 0 bridgehead atoms. The van der Waals surface area contributed by atoms with E-state index in [1.807, 2.05) is 0 Å².